The van der Waals surface area contributed by atoms with E-state index in [-0.39, 0.29) is 23.2 Å². The van der Waals surface area contributed by atoms with Gasteiger partial charge in [0.05, 0.1) is 20.8 Å². The fourth-order valence-electron chi connectivity index (χ4n) is 4.01. The molecule has 0 spiro atoms. The number of carbonyl (C=O) groups excluding carboxylic acids is 1. The molecule has 0 saturated heterocycles. The molecule has 0 saturated carbocycles. The number of hydrogen-bond acceptors (Lipinski definition) is 6. The van der Waals surface area contributed by atoms with E-state index in [1.54, 1.807) is 36.1 Å². The Morgan fingerprint density at radius 3 is 2.21 bits per heavy atom. The van der Waals surface area contributed by atoms with Gasteiger partial charge in [0.25, 0.3) is 15.9 Å². The Balaban J connectivity index is 0.00000400. The number of fused-ring (bicyclic) bond motifs is 1. The molecule has 0 N–H and O–H groups in total. The molecule has 0 aliphatic heterocycles. The van der Waals surface area contributed by atoms with Gasteiger partial charge in [-0.15, -0.1) is 12.4 Å². The maximum atomic E-state index is 13.6. The maximum Gasteiger partial charge on any atom is 0.264 e. The second kappa shape index (κ2) is 12.7. The molecular weight excluding hydrogens is 540 g/mol. The highest BCUT2D eigenvalue weighted by atomic mass is 35.5. The molecule has 0 aliphatic carbocycles. The Bertz CT molecular complexity index is 1470. The van der Waals surface area contributed by atoms with Gasteiger partial charge in [-0.05, 0) is 81.5 Å². The molecule has 38 heavy (non-hydrogen) atoms. The number of sulfonamides is 1. The van der Waals surface area contributed by atoms with Crippen molar-refractivity contribution in [3.05, 3.63) is 83.9 Å². The van der Waals surface area contributed by atoms with Crippen LogP contribution in [-0.4, -0.2) is 57.9 Å². The van der Waals surface area contributed by atoms with Crippen molar-refractivity contribution in [1.82, 2.24) is 9.88 Å². The highest BCUT2D eigenvalue weighted by Crippen LogP contribution is 2.31. The highest BCUT2D eigenvalue weighted by molar-refractivity contribution is 7.92. The molecule has 0 atom stereocenters. The van der Waals surface area contributed by atoms with Gasteiger partial charge in [-0.3, -0.25) is 14.0 Å². The van der Waals surface area contributed by atoms with Crippen LogP contribution < -0.4 is 9.21 Å². The topological polar surface area (TPSA) is 73.8 Å². The van der Waals surface area contributed by atoms with E-state index in [1.807, 2.05) is 43.3 Å². The zero-order valence-electron chi connectivity index (χ0n) is 22.0. The Morgan fingerprint density at radius 1 is 0.921 bits per heavy atom. The zero-order valence-corrected chi connectivity index (χ0v) is 24.4. The van der Waals surface area contributed by atoms with Gasteiger partial charge in [0, 0.05) is 25.2 Å². The summed E-state index contributed by atoms with van der Waals surface area (Å²) in [5.41, 5.74) is 3.10. The molecule has 3 aromatic carbocycles. The first-order valence-corrected chi connectivity index (χ1v) is 14.5. The average Bonchev–Trinajstić information content (AvgIpc) is 3.32. The minimum Gasteiger partial charge on any atom is -0.308 e. The van der Waals surface area contributed by atoms with E-state index >= 15 is 0 Å². The van der Waals surface area contributed by atoms with Crippen LogP contribution in [0.5, 0.6) is 0 Å². The molecule has 202 valence electrons. The SMILES string of the molecule is CCc1ccc2nc(N(CCN(C)C)C(=O)c3ccc(S(=O)(=O)N(CC)c4ccccc4)cc3)sc2c1.Cl. The van der Waals surface area contributed by atoms with Crippen LogP contribution in [0.15, 0.2) is 77.7 Å². The number of benzene rings is 3. The number of halogens is 1. The van der Waals surface area contributed by atoms with Gasteiger partial charge in [0.2, 0.25) is 0 Å². The number of aryl methyl sites for hydroxylation is 1. The number of likely N-dealkylation sites (N-methyl/N-ethyl adjacent to an activating group) is 1. The van der Waals surface area contributed by atoms with Crippen molar-refractivity contribution in [1.29, 1.82) is 0 Å². The van der Waals surface area contributed by atoms with Crippen LogP contribution in [0, 0.1) is 0 Å². The molecule has 7 nitrogen and oxygen atoms in total. The Morgan fingerprint density at radius 2 is 1.61 bits per heavy atom. The number of thiazole rings is 1. The van der Waals surface area contributed by atoms with E-state index in [4.69, 9.17) is 4.98 Å². The van der Waals surface area contributed by atoms with Crippen LogP contribution in [0.1, 0.15) is 29.8 Å². The molecule has 0 fully saturated rings. The molecule has 0 radical (unpaired) electrons. The van der Waals surface area contributed by atoms with Crippen LogP contribution in [0.25, 0.3) is 10.2 Å². The van der Waals surface area contributed by atoms with Crippen LogP contribution in [0.2, 0.25) is 0 Å². The minimum absolute atomic E-state index is 0. The lowest BCUT2D eigenvalue weighted by Crippen LogP contribution is -2.36. The van der Waals surface area contributed by atoms with Crippen molar-refractivity contribution in [2.45, 2.75) is 25.2 Å². The molecule has 0 unspecified atom stereocenters. The number of nitrogens with zero attached hydrogens (tertiary/aromatic N) is 4. The molecule has 4 rings (SSSR count). The largest absolute Gasteiger partial charge is 0.308 e. The predicted molar refractivity (Wildman–Crippen MR) is 160 cm³/mol. The van der Waals surface area contributed by atoms with Crippen molar-refractivity contribution in [2.24, 2.45) is 0 Å². The van der Waals surface area contributed by atoms with E-state index in [9.17, 15) is 13.2 Å². The molecule has 0 aliphatic rings. The molecule has 1 amide bonds. The monoisotopic (exact) mass is 572 g/mol. The number of anilines is 2. The quantitative estimate of drug-likeness (QED) is 0.243. The summed E-state index contributed by atoms with van der Waals surface area (Å²) in [5.74, 6) is -0.212. The van der Waals surface area contributed by atoms with Gasteiger partial charge < -0.3 is 4.90 Å². The van der Waals surface area contributed by atoms with Gasteiger partial charge in [-0.25, -0.2) is 13.4 Å². The molecule has 1 aromatic heterocycles. The number of para-hydroxylation sites is 1. The molecule has 0 bridgehead atoms. The van der Waals surface area contributed by atoms with Gasteiger partial charge in [-0.1, -0.05) is 42.5 Å². The van der Waals surface area contributed by atoms with E-state index < -0.39 is 10.0 Å². The van der Waals surface area contributed by atoms with Crippen molar-refractivity contribution in [2.75, 3.05) is 42.9 Å². The Kier molecular flexibility index (Phi) is 9.89. The minimum atomic E-state index is -3.77. The van der Waals surface area contributed by atoms with Crippen LogP contribution in [-0.2, 0) is 16.4 Å². The third-order valence-electron chi connectivity index (χ3n) is 6.12. The third-order valence-corrected chi connectivity index (χ3v) is 9.08. The summed E-state index contributed by atoms with van der Waals surface area (Å²) in [5, 5.41) is 0.632. The second-order valence-electron chi connectivity index (χ2n) is 8.94. The van der Waals surface area contributed by atoms with Crippen LogP contribution in [0.3, 0.4) is 0 Å². The third kappa shape index (κ3) is 6.35. The first kappa shape index (κ1) is 29.6. The normalized spacial score (nSPS) is 11.4. The molecular formula is C28H33ClN4O3S2. The summed E-state index contributed by atoms with van der Waals surface area (Å²) >= 11 is 1.49. The standard InChI is InChI=1S/C28H32N4O3S2.ClH/c1-5-21-12-17-25-26(20-21)36-28(29-25)31(19-18-30(3)4)27(33)22-13-15-24(16-14-22)37(34,35)32(6-2)23-10-8-7-9-11-23;/h7-17,20H,5-6,18-19H2,1-4H3;1H. The van der Waals surface area contributed by atoms with Crippen molar-refractivity contribution in [3.63, 3.8) is 0 Å². The number of carbonyl (C=O) groups is 1. The number of rotatable bonds is 10. The predicted octanol–water partition coefficient (Wildman–Crippen LogP) is 5.70. The van der Waals surface area contributed by atoms with Crippen molar-refractivity contribution < 1.29 is 13.2 Å². The molecule has 1 heterocycles. The molecule has 4 aromatic rings. The second-order valence-corrected chi connectivity index (χ2v) is 11.8. The first-order chi connectivity index (χ1) is 17.7. The van der Waals surface area contributed by atoms with E-state index in [2.05, 4.69) is 19.1 Å². The van der Waals surface area contributed by atoms with Crippen LogP contribution >= 0.6 is 23.7 Å². The fourth-order valence-corrected chi connectivity index (χ4v) is 6.54. The van der Waals surface area contributed by atoms with Gasteiger partial charge in [-0.2, -0.15) is 0 Å². The lowest BCUT2D eigenvalue weighted by molar-refractivity contribution is 0.0985. The lowest BCUT2D eigenvalue weighted by Gasteiger charge is -2.24. The zero-order chi connectivity index (χ0) is 26.6. The van der Waals surface area contributed by atoms with Crippen molar-refractivity contribution in [3.8, 4) is 0 Å². The summed E-state index contributed by atoms with van der Waals surface area (Å²) in [4.78, 5) is 22.2. The fraction of sp³-hybridized carbons (Fsp3) is 0.286. The van der Waals surface area contributed by atoms with E-state index in [0.717, 1.165) is 16.6 Å². The Labute approximate surface area is 235 Å². The highest BCUT2D eigenvalue weighted by Gasteiger charge is 2.25. The number of amides is 1. The van der Waals surface area contributed by atoms with Gasteiger partial charge in [0.15, 0.2) is 5.13 Å². The summed E-state index contributed by atoms with van der Waals surface area (Å²) in [7, 11) is 0.144. The number of hydrogen-bond donors (Lipinski definition) is 0. The Hall–Kier alpha value is -2.98. The summed E-state index contributed by atoms with van der Waals surface area (Å²) in [6.45, 7) is 5.33. The van der Waals surface area contributed by atoms with Crippen molar-refractivity contribution >= 4 is 60.7 Å². The lowest BCUT2D eigenvalue weighted by atomic mass is 10.2. The van der Waals surface area contributed by atoms with Gasteiger partial charge >= 0.3 is 0 Å². The van der Waals surface area contributed by atoms with Gasteiger partial charge in [0.1, 0.15) is 0 Å². The van der Waals surface area contributed by atoms with Crippen LogP contribution in [0.4, 0.5) is 10.8 Å². The van der Waals surface area contributed by atoms with E-state index in [0.29, 0.717) is 36.0 Å². The first-order valence-electron chi connectivity index (χ1n) is 12.3. The van der Waals surface area contributed by atoms with E-state index in [1.165, 1.54) is 33.3 Å². The maximum absolute atomic E-state index is 13.6. The summed E-state index contributed by atoms with van der Waals surface area (Å²) < 4.78 is 29.1. The molecule has 10 heteroatoms. The number of aromatic nitrogens is 1. The summed E-state index contributed by atoms with van der Waals surface area (Å²) in [6, 6.07) is 21.3. The smallest absolute Gasteiger partial charge is 0.264 e. The summed E-state index contributed by atoms with van der Waals surface area (Å²) in [6.07, 6.45) is 0.932. The average molecular weight is 573 g/mol.